The first-order valence-electron chi connectivity index (χ1n) is 5.89. The lowest BCUT2D eigenvalue weighted by atomic mass is 10.1. The summed E-state index contributed by atoms with van der Waals surface area (Å²) in [5.74, 6) is -0.794. The van der Waals surface area contributed by atoms with Gasteiger partial charge in [-0.2, -0.15) is 5.26 Å². The van der Waals surface area contributed by atoms with E-state index in [0.29, 0.717) is 5.75 Å². The van der Waals surface area contributed by atoms with Crippen molar-refractivity contribution < 1.29 is 13.9 Å². The molecule has 2 rings (SSSR count). The van der Waals surface area contributed by atoms with Gasteiger partial charge in [-0.3, -0.25) is 4.79 Å². The van der Waals surface area contributed by atoms with Crippen molar-refractivity contribution in [2.45, 2.75) is 0 Å². The standard InChI is InChI=1S/C15H10BrFN2O2/c1-21-14-7-10(16)3-4-11(14)15(20)19-13-5-2-9(8-18)6-12(13)17/h2-7H,1H3,(H,19,20). The second-order valence-corrected chi connectivity index (χ2v) is 5.02. The monoisotopic (exact) mass is 348 g/mol. The molecule has 0 heterocycles. The zero-order chi connectivity index (χ0) is 15.4. The van der Waals surface area contributed by atoms with Gasteiger partial charge in [0.15, 0.2) is 0 Å². The number of methoxy groups -OCH3 is 1. The number of carbonyl (C=O) groups excluding carboxylic acids is 1. The predicted octanol–water partition coefficient (Wildman–Crippen LogP) is 3.72. The Bertz CT molecular complexity index is 741. The Labute approximate surface area is 129 Å². The average molecular weight is 349 g/mol. The van der Waals surface area contributed by atoms with Crippen molar-refractivity contribution >= 4 is 27.5 Å². The van der Waals surface area contributed by atoms with E-state index >= 15 is 0 Å². The average Bonchev–Trinajstić information content (AvgIpc) is 2.48. The number of nitrogens with one attached hydrogen (secondary N) is 1. The maximum atomic E-state index is 13.8. The normalized spacial score (nSPS) is 9.81. The first-order chi connectivity index (χ1) is 10.0. The first kappa shape index (κ1) is 15.0. The molecule has 2 aromatic rings. The van der Waals surface area contributed by atoms with Gasteiger partial charge in [0.25, 0.3) is 5.91 Å². The summed E-state index contributed by atoms with van der Waals surface area (Å²) in [7, 11) is 1.45. The Hall–Kier alpha value is -2.39. The largest absolute Gasteiger partial charge is 0.496 e. The minimum absolute atomic E-state index is 0.00368. The van der Waals surface area contributed by atoms with E-state index in [1.165, 1.54) is 19.2 Å². The highest BCUT2D eigenvalue weighted by Crippen LogP contribution is 2.25. The molecule has 21 heavy (non-hydrogen) atoms. The van der Waals surface area contributed by atoms with Crippen LogP contribution in [0, 0.1) is 17.1 Å². The van der Waals surface area contributed by atoms with E-state index in [-0.39, 0.29) is 16.8 Å². The van der Waals surface area contributed by atoms with Crippen LogP contribution in [0.25, 0.3) is 0 Å². The second-order valence-electron chi connectivity index (χ2n) is 4.11. The third-order valence-electron chi connectivity index (χ3n) is 2.75. The lowest BCUT2D eigenvalue weighted by molar-refractivity contribution is 0.102. The Morgan fingerprint density at radius 3 is 2.71 bits per heavy atom. The first-order valence-corrected chi connectivity index (χ1v) is 6.69. The molecule has 6 heteroatoms. The van der Waals surface area contributed by atoms with Crippen molar-refractivity contribution in [1.29, 1.82) is 5.26 Å². The van der Waals surface area contributed by atoms with Crippen LogP contribution < -0.4 is 10.1 Å². The number of hydrogen-bond acceptors (Lipinski definition) is 3. The number of benzene rings is 2. The lowest BCUT2D eigenvalue weighted by Crippen LogP contribution is -2.14. The molecule has 0 aliphatic rings. The number of ether oxygens (including phenoxy) is 1. The number of rotatable bonds is 3. The SMILES string of the molecule is COc1cc(Br)ccc1C(=O)Nc1ccc(C#N)cc1F. The van der Waals surface area contributed by atoms with Gasteiger partial charge >= 0.3 is 0 Å². The molecule has 0 spiro atoms. The van der Waals surface area contributed by atoms with E-state index in [1.54, 1.807) is 18.2 Å². The van der Waals surface area contributed by atoms with Crippen molar-refractivity contribution in [2.24, 2.45) is 0 Å². The van der Waals surface area contributed by atoms with Crippen LogP contribution in [0.15, 0.2) is 40.9 Å². The van der Waals surface area contributed by atoms with Crippen molar-refractivity contribution in [3.8, 4) is 11.8 Å². The highest BCUT2D eigenvalue weighted by molar-refractivity contribution is 9.10. The quantitative estimate of drug-likeness (QED) is 0.919. The molecule has 1 amide bonds. The summed E-state index contributed by atoms with van der Waals surface area (Å²) in [4.78, 5) is 12.2. The van der Waals surface area contributed by atoms with Crippen LogP contribution in [0.2, 0.25) is 0 Å². The Morgan fingerprint density at radius 2 is 2.10 bits per heavy atom. The van der Waals surface area contributed by atoms with Gasteiger partial charge in [0.2, 0.25) is 0 Å². The summed E-state index contributed by atoms with van der Waals surface area (Å²) in [6.45, 7) is 0. The summed E-state index contributed by atoms with van der Waals surface area (Å²) in [5, 5.41) is 11.1. The van der Waals surface area contributed by atoms with E-state index in [2.05, 4.69) is 21.2 Å². The number of nitriles is 1. The number of nitrogens with zero attached hydrogens (tertiary/aromatic N) is 1. The van der Waals surface area contributed by atoms with Gasteiger partial charge in [0.05, 0.1) is 30.0 Å². The molecule has 0 bridgehead atoms. The lowest BCUT2D eigenvalue weighted by Gasteiger charge is -2.10. The summed E-state index contributed by atoms with van der Waals surface area (Å²) in [6.07, 6.45) is 0. The van der Waals surface area contributed by atoms with Crippen molar-refractivity contribution in [1.82, 2.24) is 0 Å². The van der Waals surface area contributed by atoms with Gasteiger partial charge in [0.1, 0.15) is 11.6 Å². The number of halogens is 2. The third kappa shape index (κ3) is 3.38. The van der Waals surface area contributed by atoms with E-state index in [1.807, 2.05) is 6.07 Å². The van der Waals surface area contributed by atoms with Gasteiger partial charge < -0.3 is 10.1 Å². The van der Waals surface area contributed by atoms with Crippen LogP contribution in [0.1, 0.15) is 15.9 Å². The van der Waals surface area contributed by atoms with Gasteiger partial charge in [-0.15, -0.1) is 0 Å². The van der Waals surface area contributed by atoms with Gasteiger partial charge in [-0.1, -0.05) is 15.9 Å². The summed E-state index contributed by atoms with van der Waals surface area (Å²) >= 11 is 3.28. The summed E-state index contributed by atoms with van der Waals surface area (Å²) in [6, 6.07) is 10.6. The molecular weight excluding hydrogens is 339 g/mol. The number of carbonyl (C=O) groups is 1. The molecule has 0 radical (unpaired) electrons. The van der Waals surface area contributed by atoms with Crippen LogP contribution in [0.4, 0.5) is 10.1 Å². The van der Waals surface area contributed by atoms with Crippen LogP contribution >= 0.6 is 15.9 Å². The molecule has 0 unspecified atom stereocenters. The molecule has 0 aliphatic heterocycles. The fraction of sp³-hybridized carbons (Fsp3) is 0.0667. The molecule has 0 saturated carbocycles. The highest BCUT2D eigenvalue weighted by atomic mass is 79.9. The zero-order valence-electron chi connectivity index (χ0n) is 11.0. The summed E-state index contributed by atoms with van der Waals surface area (Å²) in [5.41, 5.74) is 0.472. The van der Waals surface area contributed by atoms with E-state index < -0.39 is 11.7 Å². The maximum absolute atomic E-state index is 13.8. The molecule has 2 aromatic carbocycles. The molecular formula is C15H10BrFN2O2. The number of anilines is 1. The van der Waals surface area contributed by atoms with E-state index in [9.17, 15) is 9.18 Å². The second kappa shape index (κ2) is 6.37. The minimum Gasteiger partial charge on any atom is -0.496 e. The molecule has 0 atom stereocenters. The van der Waals surface area contributed by atoms with E-state index in [0.717, 1.165) is 10.5 Å². The predicted molar refractivity (Wildman–Crippen MR) is 79.8 cm³/mol. The highest BCUT2D eigenvalue weighted by Gasteiger charge is 2.14. The van der Waals surface area contributed by atoms with Gasteiger partial charge in [-0.25, -0.2) is 4.39 Å². The van der Waals surface area contributed by atoms with Gasteiger partial charge in [0, 0.05) is 4.47 Å². The smallest absolute Gasteiger partial charge is 0.259 e. The minimum atomic E-state index is -0.668. The molecule has 1 N–H and O–H groups in total. The fourth-order valence-corrected chi connectivity index (χ4v) is 2.07. The van der Waals surface area contributed by atoms with Crippen molar-refractivity contribution in [3.63, 3.8) is 0 Å². The van der Waals surface area contributed by atoms with Crippen LogP contribution in [0.3, 0.4) is 0 Å². The Morgan fingerprint density at radius 1 is 1.33 bits per heavy atom. The third-order valence-corrected chi connectivity index (χ3v) is 3.25. The Kier molecular flexibility index (Phi) is 4.55. The van der Waals surface area contributed by atoms with E-state index in [4.69, 9.17) is 10.00 Å². The Balaban J connectivity index is 2.28. The zero-order valence-corrected chi connectivity index (χ0v) is 12.6. The molecule has 0 aliphatic carbocycles. The molecule has 4 nitrogen and oxygen atoms in total. The van der Waals surface area contributed by atoms with Gasteiger partial charge in [-0.05, 0) is 36.4 Å². The van der Waals surface area contributed by atoms with Crippen molar-refractivity contribution in [2.75, 3.05) is 12.4 Å². The number of hydrogen-bond donors (Lipinski definition) is 1. The molecule has 0 saturated heterocycles. The molecule has 0 fully saturated rings. The van der Waals surface area contributed by atoms with Crippen LogP contribution in [-0.2, 0) is 0 Å². The van der Waals surface area contributed by atoms with Crippen LogP contribution in [-0.4, -0.2) is 13.0 Å². The fourth-order valence-electron chi connectivity index (χ4n) is 1.73. The maximum Gasteiger partial charge on any atom is 0.259 e. The summed E-state index contributed by atoms with van der Waals surface area (Å²) < 4.78 is 19.6. The molecule has 0 aromatic heterocycles. The molecule has 106 valence electrons. The number of amides is 1. The van der Waals surface area contributed by atoms with Crippen molar-refractivity contribution in [3.05, 3.63) is 57.8 Å². The van der Waals surface area contributed by atoms with Crippen LogP contribution in [0.5, 0.6) is 5.75 Å². The topological polar surface area (TPSA) is 62.1 Å².